The van der Waals surface area contributed by atoms with Crippen LogP contribution in [-0.4, -0.2) is 16.1 Å². The third kappa shape index (κ3) is 2.84. The van der Waals surface area contributed by atoms with Gasteiger partial charge in [0, 0.05) is 11.9 Å². The predicted octanol–water partition coefficient (Wildman–Crippen LogP) is 2.53. The van der Waals surface area contributed by atoms with Crippen molar-refractivity contribution in [3.8, 4) is 6.07 Å². The van der Waals surface area contributed by atoms with Crippen LogP contribution in [-0.2, 0) is 0 Å². The number of rotatable bonds is 3. The Bertz CT molecular complexity index is 680. The maximum Gasteiger partial charge on any atom is 0.354 e. The molecule has 0 aliphatic rings. The summed E-state index contributed by atoms with van der Waals surface area (Å²) in [6, 6.07) is 8.46. The van der Waals surface area contributed by atoms with Gasteiger partial charge in [0.25, 0.3) is 0 Å². The molecule has 0 aliphatic carbocycles. The van der Waals surface area contributed by atoms with Crippen LogP contribution in [0.25, 0.3) is 0 Å². The number of aromatic nitrogens is 1. The van der Waals surface area contributed by atoms with Crippen LogP contribution in [0.2, 0.25) is 0 Å². The molecule has 0 saturated heterocycles. The van der Waals surface area contributed by atoms with Crippen molar-refractivity contribution in [1.29, 1.82) is 5.26 Å². The van der Waals surface area contributed by atoms with Gasteiger partial charge in [0.2, 0.25) is 0 Å². The fourth-order valence-corrected chi connectivity index (χ4v) is 1.50. The van der Waals surface area contributed by atoms with E-state index in [4.69, 9.17) is 10.4 Å². The maximum absolute atomic E-state index is 13.0. The third-order valence-electron chi connectivity index (χ3n) is 2.36. The molecule has 94 valence electrons. The number of halogens is 1. The van der Waals surface area contributed by atoms with Crippen molar-refractivity contribution in [1.82, 2.24) is 4.98 Å². The summed E-state index contributed by atoms with van der Waals surface area (Å²) in [5.74, 6) is -1.66. The Hall–Kier alpha value is -2.94. The van der Waals surface area contributed by atoms with Crippen LogP contribution in [0.4, 0.5) is 15.8 Å². The van der Waals surface area contributed by atoms with Crippen LogP contribution in [0.5, 0.6) is 0 Å². The monoisotopic (exact) mass is 257 g/mol. The van der Waals surface area contributed by atoms with Gasteiger partial charge in [-0.3, -0.25) is 0 Å². The fraction of sp³-hybridized carbons (Fsp3) is 0. The molecule has 2 aromatic rings. The topological polar surface area (TPSA) is 86.0 Å². The van der Waals surface area contributed by atoms with Crippen molar-refractivity contribution in [3.05, 3.63) is 53.6 Å². The lowest BCUT2D eigenvalue weighted by Crippen LogP contribution is -2.01. The molecule has 0 spiro atoms. The zero-order valence-electron chi connectivity index (χ0n) is 9.59. The lowest BCUT2D eigenvalue weighted by Gasteiger charge is -2.08. The summed E-state index contributed by atoms with van der Waals surface area (Å²) in [7, 11) is 0. The van der Waals surface area contributed by atoms with Gasteiger partial charge in [-0.25, -0.2) is 14.2 Å². The van der Waals surface area contributed by atoms with Crippen molar-refractivity contribution in [2.75, 3.05) is 5.32 Å². The van der Waals surface area contributed by atoms with Gasteiger partial charge in [0.05, 0.1) is 11.3 Å². The second-order valence-electron chi connectivity index (χ2n) is 3.66. The Labute approximate surface area is 108 Å². The Morgan fingerprint density at radius 2 is 2.16 bits per heavy atom. The molecular weight excluding hydrogens is 249 g/mol. The van der Waals surface area contributed by atoms with Crippen molar-refractivity contribution in [2.45, 2.75) is 0 Å². The number of nitriles is 1. The Morgan fingerprint density at radius 1 is 1.37 bits per heavy atom. The minimum atomic E-state index is -1.15. The normalized spacial score (nSPS) is 9.68. The van der Waals surface area contributed by atoms with Gasteiger partial charge in [-0.15, -0.1) is 0 Å². The lowest BCUT2D eigenvalue weighted by atomic mass is 10.2. The summed E-state index contributed by atoms with van der Waals surface area (Å²) < 4.78 is 13.0. The largest absolute Gasteiger partial charge is 0.477 e. The first kappa shape index (κ1) is 12.5. The van der Waals surface area contributed by atoms with Crippen LogP contribution < -0.4 is 5.32 Å². The molecule has 1 aromatic carbocycles. The van der Waals surface area contributed by atoms with Gasteiger partial charge in [0.15, 0.2) is 0 Å². The first-order chi connectivity index (χ1) is 9.10. The molecule has 19 heavy (non-hydrogen) atoms. The van der Waals surface area contributed by atoms with Gasteiger partial charge >= 0.3 is 5.97 Å². The number of benzene rings is 1. The molecule has 6 heteroatoms. The number of carbonyl (C=O) groups is 1. The second-order valence-corrected chi connectivity index (χ2v) is 3.66. The SMILES string of the molecule is N#Cc1cc(F)ccc1Nc1ccnc(C(=O)O)c1. The zero-order chi connectivity index (χ0) is 13.8. The summed E-state index contributed by atoms with van der Waals surface area (Å²) in [6.07, 6.45) is 1.33. The Morgan fingerprint density at radius 3 is 2.84 bits per heavy atom. The molecule has 0 aliphatic heterocycles. The molecule has 1 heterocycles. The third-order valence-corrected chi connectivity index (χ3v) is 2.36. The molecule has 0 unspecified atom stereocenters. The smallest absolute Gasteiger partial charge is 0.354 e. The van der Waals surface area contributed by atoms with E-state index in [1.165, 1.54) is 24.4 Å². The highest BCUT2D eigenvalue weighted by Crippen LogP contribution is 2.21. The van der Waals surface area contributed by atoms with Crippen molar-refractivity contribution < 1.29 is 14.3 Å². The van der Waals surface area contributed by atoms with Crippen LogP contribution in [0.15, 0.2) is 36.5 Å². The van der Waals surface area contributed by atoms with Gasteiger partial charge < -0.3 is 10.4 Å². The van der Waals surface area contributed by atoms with E-state index in [1.807, 2.05) is 6.07 Å². The number of nitrogens with zero attached hydrogens (tertiary/aromatic N) is 2. The Kier molecular flexibility index (Phi) is 3.39. The van der Waals surface area contributed by atoms with Crippen LogP contribution in [0.1, 0.15) is 16.1 Å². The molecular formula is C13H8FN3O2. The number of nitrogens with one attached hydrogen (secondary N) is 1. The highest BCUT2D eigenvalue weighted by atomic mass is 19.1. The molecule has 0 amide bonds. The van der Waals surface area contributed by atoms with E-state index in [2.05, 4.69) is 10.3 Å². The van der Waals surface area contributed by atoms with Gasteiger partial charge in [-0.05, 0) is 30.3 Å². The Balaban J connectivity index is 2.34. The molecule has 1 aromatic heterocycles. The highest BCUT2D eigenvalue weighted by Gasteiger charge is 2.07. The molecule has 2 rings (SSSR count). The number of pyridine rings is 1. The standard InChI is InChI=1S/C13H8FN3O2/c14-9-1-2-11(8(5-9)7-15)17-10-3-4-16-12(6-10)13(18)19/h1-6H,(H,16,17)(H,18,19). The predicted molar refractivity (Wildman–Crippen MR) is 65.6 cm³/mol. The minimum Gasteiger partial charge on any atom is -0.477 e. The van der Waals surface area contributed by atoms with E-state index in [0.717, 1.165) is 6.07 Å². The molecule has 2 N–H and O–H groups in total. The van der Waals surface area contributed by atoms with E-state index in [0.29, 0.717) is 11.4 Å². The molecule has 5 nitrogen and oxygen atoms in total. The molecule has 0 saturated carbocycles. The number of carboxylic acids is 1. The quantitative estimate of drug-likeness (QED) is 0.882. The van der Waals surface area contributed by atoms with Gasteiger partial charge in [0.1, 0.15) is 17.6 Å². The second kappa shape index (κ2) is 5.14. The molecule has 0 bridgehead atoms. The maximum atomic E-state index is 13.0. The van der Waals surface area contributed by atoms with E-state index >= 15 is 0 Å². The van der Waals surface area contributed by atoms with Gasteiger partial charge in [-0.1, -0.05) is 0 Å². The summed E-state index contributed by atoms with van der Waals surface area (Å²) in [6.45, 7) is 0. The summed E-state index contributed by atoms with van der Waals surface area (Å²) in [4.78, 5) is 14.5. The molecule has 0 radical (unpaired) electrons. The number of hydrogen-bond acceptors (Lipinski definition) is 4. The van der Waals surface area contributed by atoms with E-state index < -0.39 is 11.8 Å². The van der Waals surface area contributed by atoms with Crippen LogP contribution in [0, 0.1) is 17.1 Å². The van der Waals surface area contributed by atoms with Crippen molar-refractivity contribution in [2.24, 2.45) is 0 Å². The van der Waals surface area contributed by atoms with Crippen LogP contribution in [0.3, 0.4) is 0 Å². The van der Waals surface area contributed by atoms with E-state index in [-0.39, 0.29) is 11.3 Å². The highest BCUT2D eigenvalue weighted by molar-refractivity contribution is 5.86. The number of anilines is 2. The fourth-order valence-electron chi connectivity index (χ4n) is 1.50. The summed E-state index contributed by atoms with van der Waals surface area (Å²) >= 11 is 0. The van der Waals surface area contributed by atoms with E-state index in [9.17, 15) is 9.18 Å². The lowest BCUT2D eigenvalue weighted by molar-refractivity contribution is 0.0690. The average molecular weight is 257 g/mol. The minimum absolute atomic E-state index is 0.120. The first-order valence-electron chi connectivity index (χ1n) is 5.26. The van der Waals surface area contributed by atoms with Gasteiger partial charge in [-0.2, -0.15) is 5.26 Å². The number of carboxylic acid groups (broad SMARTS) is 1. The number of aromatic carboxylic acids is 1. The average Bonchev–Trinajstić information content (AvgIpc) is 2.41. The zero-order valence-corrected chi connectivity index (χ0v) is 9.59. The van der Waals surface area contributed by atoms with Crippen LogP contribution >= 0.6 is 0 Å². The molecule has 0 fully saturated rings. The summed E-state index contributed by atoms with van der Waals surface area (Å²) in [5, 5.41) is 20.6. The summed E-state index contributed by atoms with van der Waals surface area (Å²) in [5.41, 5.74) is 0.862. The number of hydrogen-bond donors (Lipinski definition) is 2. The first-order valence-corrected chi connectivity index (χ1v) is 5.26. The van der Waals surface area contributed by atoms with Crippen molar-refractivity contribution >= 4 is 17.3 Å². The van der Waals surface area contributed by atoms with Crippen molar-refractivity contribution in [3.63, 3.8) is 0 Å². The van der Waals surface area contributed by atoms with E-state index in [1.54, 1.807) is 6.07 Å². The molecule has 0 atom stereocenters.